The quantitative estimate of drug-likeness (QED) is 0.763. The van der Waals surface area contributed by atoms with Crippen LogP contribution in [0.25, 0.3) is 0 Å². The summed E-state index contributed by atoms with van der Waals surface area (Å²) < 4.78 is 5.29. The Morgan fingerprint density at radius 1 is 1.44 bits per heavy atom. The number of carboxylic acid groups (broad SMARTS) is 1. The van der Waals surface area contributed by atoms with Crippen molar-refractivity contribution < 1.29 is 19.4 Å². The summed E-state index contributed by atoms with van der Waals surface area (Å²) >= 11 is 0. The number of amides is 1. The summed E-state index contributed by atoms with van der Waals surface area (Å²) in [6.07, 6.45) is 5.61. The number of allylic oxidation sites excluding steroid dienone is 2. The largest absolute Gasteiger partial charge is 0.479 e. The maximum Gasteiger partial charge on any atom is 0.334 e. The second-order valence-electron chi connectivity index (χ2n) is 5.04. The first-order valence-electron chi connectivity index (χ1n) is 6.39. The fourth-order valence-corrected chi connectivity index (χ4v) is 2.51. The first-order chi connectivity index (χ1) is 8.56. The van der Waals surface area contributed by atoms with E-state index in [1.165, 1.54) is 0 Å². The van der Waals surface area contributed by atoms with E-state index in [-0.39, 0.29) is 18.6 Å². The monoisotopic (exact) mass is 253 g/mol. The Bertz CT molecular complexity index is 366. The molecule has 2 aliphatic rings. The van der Waals surface area contributed by atoms with Crippen LogP contribution in [0, 0.1) is 5.92 Å². The van der Waals surface area contributed by atoms with Gasteiger partial charge in [0, 0.05) is 13.0 Å². The number of rotatable bonds is 3. The highest BCUT2D eigenvalue weighted by Crippen LogP contribution is 2.22. The zero-order chi connectivity index (χ0) is 13.1. The SMILES string of the molecule is C[C@@H]1CN(C(=O)CC2C=CCC2)CC(C(=O)O)O1. The molecule has 1 aliphatic heterocycles. The van der Waals surface area contributed by atoms with Gasteiger partial charge in [0.2, 0.25) is 5.91 Å². The molecule has 3 atom stereocenters. The lowest BCUT2D eigenvalue weighted by molar-refractivity contribution is -0.166. The van der Waals surface area contributed by atoms with Crippen molar-refractivity contribution in [1.82, 2.24) is 4.90 Å². The molecule has 1 N–H and O–H groups in total. The summed E-state index contributed by atoms with van der Waals surface area (Å²) in [5.74, 6) is -0.646. The second-order valence-corrected chi connectivity index (χ2v) is 5.04. The lowest BCUT2D eigenvalue weighted by Crippen LogP contribution is -2.52. The van der Waals surface area contributed by atoms with Crippen molar-refractivity contribution in [1.29, 1.82) is 0 Å². The molecule has 2 unspecified atom stereocenters. The lowest BCUT2D eigenvalue weighted by Gasteiger charge is -2.35. The van der Waals surface area contributed by atoms with Crippen LogP contribution in [-0.4, -0.2) is 47.2 Å². The third-order valence-electron chi connectivity index (χ3n) is 3.44. The zero-order valence-corrected chi connectivity index (χ0v) is 10.5. The van der Waals surface area contributed by atoms with Gasteiger partial charge in [-0.05, 0) is 25.7 Å². The number of hydrogen-bond donors (Lipinski definition) is 1. The number of hydrogen-bond acceptors (Lipinski definition) is 3. The predicted octanol–water partition coefficient (Wildman–Crippen LogP) is 1.04. The van der Waals surface area contributed by atoms with Gasteiger partial charge in [-0.1, -0.05) is 12.2 Å². The lowest BCUT2D eigenvalue weighted by atomic mass is 10.0. The Kier molecular flexibility index (Phi) is 4.01. The molecule has 1 heterocycles. The molecule has 2 rings (SSSR count). The molecular formula is C13H19NO4. The Morgan fingerprint density at radius 2 is 2.22 bits per heavy atom. The standard InChI is InChI=1S/C13H19NO4/c1-9-7-14(8-11(18-9)13(16)17)12(15)6-10-4-2-3-5-10/h2,4,9-11H,3,5-8H2,1H3,(H,16,17)/t9-,10?,11?/m1/s1. The minimum Gasteiger partial charge on any atom is -0.479 e. The van der Waals surface area contributed by atoms with Crippen molar-refractivity contribution in [2.75, 3.05) is 13.1 Å². The third-order valence-corrected chi connectivity index (χ3v) is 3.44. The molecule has 0 radical (unpaired) electrons. The van der Waals surface area contributed by atoms with Gasteiger partial charge in [0.15, 0.2) is 6.10 Å². The van der Waals surface area contributed by atoms with E-state index in [1.54, 1.807) is 11.8 Å². The van der Waals surface area contributed by atoms with Gasteiger partial charge in [-0.25, -0.2) is 4.79 Å². The van der Waals surface area contributed by atoms with E-state index in [0.29, 0.717) is 18.9 Å². The predicted molar refractivity (Wildman–Crippen MR) is 65.0 cm³/mol. The molecule has 0 spiro atoms. The number of carboxylic acids is 1. The van der Waals surface area contributed by atoms with Gasteiger partial charge in [-0.2, -0.15) is 0 Å². The number of morpholine rings is 1. The Balaban J connectivity index is 1.92. The highest BCUT2D eigenvalue weighted by Gasteiger charge is 2.33. The average molecular weight is 253 g/mol. The normalized spacial score (nSPS) is 31.6. The summed E-state index contributed by atoms with van der Waals surface area (Å²) in [5, 5.41) is 8.97. The van der Waals surface area contributed by atoms with Crippen LogP contribution in [0.3, 0.4) is 0 Å². The maximum absolute atomic E-state index is 12.1. The van der Waals surface area contributed by atoms with Crippen molar-refractivity contribution in [3.63, 3.8) is 0 Å². The van der Waals surface area contributed by atoms with Gasteiger partial charge in [0.25, 0.3) is 0 Å². The summed E-state index contributed by atoms with van der Waals surface area (Å²) in [7, 11) is 0. The van der Waals surface area contributed by atoms with Crippen LogP contribution in [0.5, 0.6) is 0 Å². The number of aliphatic carboxylic acids is 1. The number of nitrogens with zero attached hydrogens (tertiary/aromatic N) is 1. The smallest absolute Gasteiger partial charge is 0.334 e. The number of carbonyl (C=O) groups excluding carboxylic acids is 1. The summed E-state index contributed by atoms with van der Waals surface area (Å²) in [6, 6.07) is 0. The highest BCUT2D eigenvalue weighted by molar-refractivity contribution is 5.79. The van der Waals surface area contributed by atoms with Crippen LogP contribution in [0.4, 0.5) is 0 Å². The Labute approximate surface area is 106 Å². The maximum atomic E-state index is 12.1. The Hall–Kier alpha value is -1.36. The van der Waals surface area contributed by atoms with E-state index in [2.05, 4.69) is 12.2 Å². The molecule has 1 saturated heterocycles. The van der Waals surface area contributed by atoms with Crippen molar-refractivity contribution >= 4 is 11.9 Å². The van der Waals surface area contributed by atoms with Crippen molar-refractivity contribution in [3.8, 4) is 0 Å². The molecule has 0 aromatic heterocycles. The number of carbonyl (C=O) groups is 2. The summed E-state index contributed by atoms with van der Waals surface area (Å²) in [4.78, 5) is 24.7. The summed E-state index contributed by atoms with van der Waals surface area (Å²) in [6.45, 7) is 2.44. The highest BCUT2D eigenvalue weighted by atomic mass is 16.5. The molecule has 0 saturated carbocycles. The molecule has 0 aromatic rings. The molecule has 5 nitrogen and oxygen atoms in total. The molecule has 1 amide bonds. The average Bonchev–Trinajstić information content (AvgIpc) is 2.80. The van der Waals surface area contributed by atoms with Crippen LogP contribution in [0.15, 0.2) is 12.2 Å². The van der Waals surface area contributed by atoms with E-state index in [0.717, 1.165) is 12.8 Å². The molecule has 1 fully saturated rings. The van der Waals surface area contributed by atoms with Crippen molar-refractivity contribution in [2.24, 2.45) is 5.92 Å². The van der Waals surface area contributed by atoms with Crippen molar-refractivity contribution in [3.05, 3.63) is 12.2 Å². The first kappa shape index (κ1) is 13.1. The molecule has 100 valence electrons. The third kappa shape index (κ3) is 3.10. The van der Waals surface area contributed by atoms with E-state index >= 15 is 0 Å². The fraction of sp³-hybridized carbons (Fsp3) is 0.692. The van der Waals surface area contributed by atoms with Crippen molar-refractivity contribution in [2.45, 2.75) is 38.4 Å². The van der Waals surface area contributed by atoms with Gasteiger partial charge >= 0.3 is 5.97 Å². The zero-order valence-electron chi connectivity index (χ0n) is 10.5. The van der Waals surface area contributed by atoms with E-state index in [9.17, 15) is 9.59 Å². The van der Waals surface area contributed by atoms with Crippen LogP contribution < -0.4 is 0 Å². The second kappa shape index (κ2) is 5.52. The minimum absolute atomic E-state index is 0.0351. The van der Waals surface area contributed by atoms with Gasteiger partial charge in [-0.3, -0.25) is 4.79 Å². The van der Waals surface area contributed by atoms with Gasteiger partial charge in [0.05, 0.1) is 12.6 Å². The van der Waals surface area contributed by atoms with Crippen LogP contribution in [0.1, 0.15) is 26.2 Å². The van der Waals surface area contributed by atoms with E-state index in [4.69, 9.17) is 9.84 Å². The topological polar surface area (TPSA) is 66.8 Å². The van der Waals surface area contributed by atoms with Crippen LogP contribution in [0.2, 0.25) is 0 Å². The van der Waals surface area contributed by atoms with E-state index < -0.39 is 12.1 Å². The first-order valence-corrected chi connectivity index (χ1v) is 6.39. The molecule has 0 aromatic carbocycles. The molecular weight excluding hydrogens is 234 g/mol. The fourth-order valence-electron chi connectivity index (χ4n) is 2.51. The Morgan fingerprint density at radius 3 is 2.83 bits per heavy atom. The van der Waals surface area contributed by atoms with Gasteiger partial charge < -0.3 is 14.7 Å². The number of ether oxygens (including phenoxy) is 1. The van der Waals surface area contributed by atoms with Gasteiger partial charge in [-0.15, -0.1) is 0 Å². The minimum atomic E-state index is -1.000. The molecule has 1 aliphatic carbocycles. The summed E-state index contributed by atoms with van der Waals surface area (Å²) in [5.41, 5.74) is 0. The van der Waals surface area contributed by atoms with Crippen LogP contribution in [-0.2, 0) is 14.3 Å². The molecule has 0 bridgehead atoms. The van der Waals surface area contributed by atoms with E-state index in [1.807, 2.05) is 0 Å². The molecule has 5 heteroatoms. The van der Waals surface area contributed by atoms with Gasteiger partial charge in [0.1, 0.15) is 0 Å². The van der Waals surface area contributed by atoms with Crippen LogP contribution >= 0.6 is 0 Å². The molecule has 18 heavy (non-hydrogen) atoms.